The summed E-state index contributed by atoms with van der Waals surface area (Å²) in [6.07, 6.45) is 1.03. The largest absolute Gasteiger partial charge is 0.370 e. The van der Waals surface area contributed by atoms with Gasteiger partial charge in [-0.05, 0) is 0 Å². The molecule has 1 aromatic heterocycles. The normalized spacial score (nSPS) is 13.5. The van der Waals surface area contributed by atoms with E-state index in [-0.39, 0.29) is 18.5 Å². The van der Waals surface area contributed by atoms with Crippen LogP contribution in [0.4, 0.5) is 5.13 Å². The quantitative estimate of drug-likeness (QED) is 0.184. The lowest BCUT2D eigenvalue weighted by molar-refractivity contribution is 0.603. The van der Waals surface area contributed by atoms with Crippen LogP contribution in [0.25, 0.3) is 0 Å². The molecule has 0 atom stereocenters. The Labute approximate surface area is 181 Å². The first-order valence-corrected chi connectivity index (χ1v) is 12.4. The molecule has 0 aliphatic rings. The first-order chi connectivity index (χ1) is 12.5. The number of rotatable bonds is 8. The number of thioether (sulfide) groups is 1. The Morgan fingerprint density at radius 1 is 1.44 bits per heavy atom. The van der Waals surface area contributed by atoms with Crippen LogP contribution in [0.3, 0.4) is 0 Å². The lowest BCUT2D eigenvalue weighted by atomic mass is 10.6. The molecule has 1 rings (SSSR count). The van der Waals surface area contributed by atoms with E-state index in [0.29, 0.717) is 17.4 Å². The molecule has 0 aliphatic carbocycles. The molecule has 0 aromatic carbocycles. The van der Waals surface area contributed by atoms with E-state index in [4.69, 9.17) is 40.5 Å². The maximum absolute atomic E-state index is 11.1. The highest BCUT2D eigenvalue weighted by Crippen LogP contribution is 2.26. The minimum Gasteiger partial charge on any atom is -0.370 e. The summed E-state index contributed by atoms with van der Waals surface area (Å²) >= 11 is 19.8. The molecule has 0 aliphatic heterocycles. The van der Waals surface area contributed by atoms with Crippen molar-refractivity contribution < 1.29 is 8.42 Å². The van der Waals surface area contributed by atoms with Crippen LogP contribution in [-0.4, -0.2) is 61.3 Å². The fourth-order valence-corrected chi connectivity index (χ4v) is 3.74. The number of nitrogens with two attached hydrogens (primary N) is 1. The van der Waals surface area contributed by atoms with Crippen molar-refractivity contribution in [2.24, 2.45) is 15.1 Å². The van der Waals surface area contributed by atoms with Gasteiger partial charge in [0.1, 0.15) is 0 Å². The Morgan fingerprint density at radius 2 is 2.15 bits per heavy atom. The number of aliphatic imine (C=N–C) groups is 1. The zero-order valence-corrected chi connectivity index (χ0v) is 19.2. The second kappa shape index (κ2) is 11.4. The highest BCUT2D eigenvalue weighted by atomic mass is 35.6. The van der Waals surface area contributed by atoms with E-state index in [2.05, 4.69) is 30.3 Å². The third-order valence-corrected chi connectivity index (χ3v) is 5.17. The Balaban J connectivity index is 2.36. The first-order valence-electron chi connectivity index (χ1n) is 7.36. The van der Waals surface area contributed by atoms with Gasteiger partial charge in [-0.15, -0.1) is 15.7 Å². The molecule has 15 heteroatoms. The number of halogens is 3. The van der Waals surface area contributed by atoms with Gasteiger partial charge in [-0.1, -0.05) is 34.8 Å². The number of aromatic nitrogens is 1. The predicted octanol–water partition coefficient (Wildman–Crippen LogP) is 1.60. The summed E-state index contributed by atoms with van der Waals surface area (Å²) in [5.74, 6) is 1.74. The Morgan fingerprint density at radius 3 is 2.74 bits per heavy atom. The molecule has 0 amide bonds. The summed E-state index contributed by atoms with van der Waals surface area (Å²) in [7, 11) is -1.85. The second-order valence-electron chi connectivity index (χ2n) is 4.99. The maximum atomic E-state index is 11.1. The van der Waals surface area contributed by atoms with Gasteiger partial charge in [0.05, 0.1) is 18.5 Å². The summed E-state index contributed by atoms with van der Waals surface area (Å²) < 4.78 is 24.3. The summed E-state index contributed by atoms with van der Waals surface area (Å²) in [6.45, 7) is 0.487. The average molecular weight is 497 g/mol. The number of hydrogen-bond acceptors (Lipinski definition) is 6. The number of sulfonamides is 1. The van der Waals surface area contributed by atoms with Gasteiger partial charge in [-0.3, -0.25) is 0 Å². The number of thiazole rings is 1. The predicted molar refractivity (Wildman–Crippen MR) is 118 cm³/mol. The molecule has 5 N–H and O–H groups in total. The van der Waals surface area contributed by atoms with Crippen molar-refractivity contribution in [1.82, 2.24) is 15.6 Å². The van der Waals surface area contributed by atoms with Gasteiger partial charge in [0.15, 0.2) is 11.1 Å². The molecule has 0 fully saturated rings. The molecule has 0 radical (unpaired) electrons. The fourth-order valence-electron chi connectivity index (χ4n) is 1.51. The van der Waals surface area contributed by atoms with E-state index in [1.807, 2.05) is 5.38 Å². The monoisotopic (exact) mass is 495 g/mol. The van der Waals surface area contributed by atoms with Gasteiger partial charge in [-0.25, -0.2) is 18.4 Å². The number of alkyl halides is 3. The minimum absolute atomic E-state index is 0.0607. The van der Waals surface area contributed by atoms with Crippen LogP contribution in [0.5, 0.6) is 0 Å². The smallest absolute Gasteiger partial charge is 0.253 e. The Hall–Kier alpha value is -0.660. The Bertz CT molecular complexity index is 763. The standard InChI is InChI=1S/C12H20Cl3N7O2S3/c1-17-10(22-27(2,23)24)18-3-4-25-5-8-6-26-11(20-8)21-9(16)19-7-12(13,14)15/h6H,3-5,7H2,1-2H3,(H2,17,18,22)(H3,16,19,20,21). The fraction of sp³-hybridized carbons (Fsp3) is 0.583. The summed E-state index contributed by atoms with van der Waals surface area (Å²) in [5.41, 5.74) is 6.58. The van der Waals surface area contributed by atoms with Gasteiger partial charge >= 0.3 is 0 Å². The number of nitrogens with zero attached hydrogens (tertiary/aromatic N) is 3. The van der Waals surface area contributed by atoms with Crippen LogP contribution in [0.2, 0.25) is 0 Å². The lowest BCUT2D eigenvalue weighted by Gasteiger charge is -2.08. The zero-order chi connectivity index (χ0) is 20.5. The van der Waals surface area contributed by atoms with Gasteiger partial charge in [0.2, 0.25) is 9.75 Å². The van der Waals surface area contributed by atoms with Gasteiger partial charge < -0.3 is 21.7 Å². The van der Waals surface area contributed by atoms with E-state index in [1.165, 1.54) is 11.3 Å². The van der Waals surface area contributed by atoms with Crippen molar-refractivity contribution in [3.8, 4) is 0 Å². The molecular formula is C12H20Cl3N7O2S3. The molecular weight excluding hydrogens is 477 g/mol. The third-order valence-electron chi connectivity index (χ3n) is 2.50. The molecule has 27 heavy (non-hydrogen) atoms. The van der Waals surface area contributed by atoms with E-state index >= 15 is 0 Å². The van der Waals surface area contributed by atoms with E-state index in [0.717, 1.165) is 17.7 Å². The molecule has 0 saturated heterocycles. The van der Waals surface area contributed by atoms with Crippen LogP contribution in [-0.2, 0) is 15.8 Å². The average Bonchev–Trinajstić information content (AvgIpc) is 2.97. The van der Waals surface area contributed by atoms with Crippen molar-refractivity contribution in [3.05, 3.63) is 11.1 Å². The number of anilines is 1. The van der Waals surface area contributed by atoms with E-state index in [9.17, 15) is 8.42 Å². The lowest BCUT2D eigenvalue weighted by Crippen LogP contribution is -2.36. The second-order valence-corrected chi connectivity index (χ2v) is 11.1. The molecule has 0 saturated carbocycles. The number of hydrogen-bond donors (Lipinski definition) is 4. The number of guanidine groups is 2. The SMILES string of the molecule is CN/C(=N/S(C)(=O)=O)NCCSCc1csc(N/C(N)=N\CC(Cl)(Cl)Cl)n1. The first kappa shape index (κ1) is 24.4. The van der Waals surface area contributed by atoms with Crippen molar-refractivity contribution in [2.45, 2.75) is 9.55 Å². The summed E-state index contributed by atoms with van der Waals surface area (Å²) in [6, 6.07) is 0. The Kier molecular flexibility index (Phi) is 10.3. The van der Waals surface area contributed by atoms with Gasteiger partial charge in [-0.2, -0.15) is 11.8 Å². The summed E-state index contributed by atoms with van der Waals surface area (Å²) in [5, 5.41) is 10.9. The molecule has 1 heterocycles. The van der Waals surface area contributed by atoms with Crippen molar-refractivity contribution in [2.75, 3.05) is 37.5 Å². The van der Waals surface area contributed by atoms with Gasteiger partial charge in [0, 0.05) is 30.5 Å². The van der Waals surface area contributed by atoms with E-state index < -0.39 is 13.8 Å². The molecule has 9 nitrogen and oxygen atoms in total. The van der Waals surface area contributed by atoms with Crippen LogP contribution >= 0.6 is 57.9 Å². The molecule has 1 aromatic rings. The van der Waals surface area contributed by atoms with Crippen molar-refractivity contribution >= 4 is 85.0 Å². The van der Waals surface area contributed by atoms with Crippen LogP contribution in [0, 0.1) is 0 Å². The minimum atomic E-state index is -3.44. The molecule has 0 spiro atoms. The number of nitrogens with one attached hydrogen (secondary N) is 3. The maximum Gasteiger partial charge on any atom is 0.253 e. The topological polar surface area (TPSA) is 134 Å². The zero-order valence-electron chi connectivity index (χ0n) is 14.5. The molecule has 0 unspecified atom stereocenters. The van der Waals surface area contributed by atoms with Gasteiger partial charge in [0.25, 0.3) is 10.0 Å². The van der Waals surface area contributed by atoms with Crippen molar-refractivity contribution in [1.29, 1.82) is 0 Å². The third kappa shape index (κ3) is 12.4. The van der Waals surface area contributed by atoms with Crippen LogP contribution in [0.1, 0.15) is 5.69 Å². The molecule has 154 valence electrons. The highest BCUT2D eigenvalue weighted by molar-refractivity contribution is 7.98. The summed E-state index contributed by atoms with van der Waals surface area (Å²) in [4.78, 5) is 8.30. The van der Waals surface area contributed by atoms with Crippen molar-refractivity contribution in [3.63, 3.8) is 0 Å². The van der Waals surface area contributed by atoms with E-state index in [1.54, 1.807) is 18.8 Å². The van der Waals surface area contributed by atoms with Crippen LogP contribution in [0.15, 0.2) is 14.8 Å². The highest BCUT2D eigenvalue weighted by Gasteiger charge is 2.18. The molecule has 0 bridgehead atoms. The van der Waals surface area contributed by atoms with Crippen LogP contribution < -0.4 is 21.7 Å².